The Kier molecular flexibility index (Phi) is 14.0. The van der Waals surface area contributed by atoms with Crippen molar-refractivity contribution in [1.29, 1.82) is 0 Å². The third kappa shape index (κ3) is 8.53. The SMILES string of the molecule is COC(=O)CCCCCCCCO[C@H]1O[C@H](CO)[C@@H](OC)[C@H](O)[C@H]1O[C@H]1O[C@H](CO)[C@@H](O)[C@H](O)[C@H]1O. The topological polar surface area (TPSA) is 194 Å². The molecule has 0 radical (unpaired) electrons. The Hall–Kier alpha value is -0.970. The van der Waals surface area contributed by atoms with Gasteiger partial charge in [-0.2, -0.15) is 0 Å². The van der Waals surface area contributed by atoms with Crippen molar-refractivity contribution in [1.82, 2.24) is 0 Å². The van der Waals surface area contributed by atoms with Gasteiger partial charge >= 0.3 is 5.97 Å². The van der Waals surface area contributed by atoms with Crippen molar-refractivity contribution in [2.24, 2.45) is 0 Å². The quantitative estimate of drug-likeness (QED) is 0.103. The second-order valence-corrected chi connectivity index (χ2v) is 9.03. The van der Waals surface area contributed by atoms with Crippen LogP contribution in [0.15, 0.2) is 0 Å². The Morgan fingerprint density at radius 3 is 1.94 bits per heavy atom. The van der Waals surface area contributed by atoms with Crippen LogP contribution in [0.3, 0.4) is 0 Å². The lowest BCUT2D eigenvalue weighted by Gasteiger charge is -2.46. The van der Waals surface area contributed by atoms with Crippen molar-refractivity contribution in [3.63, 3.8) is 0 Å². The van der Waals surface area contributed by atoms with E-state index in [9.17, 15) is 35.4 Å². The Balaban J connectivity index is 1.91. The van der Waals surface area contributed by atoms with Crippen LogP contribution in [-0.2, 0) is 33.2 Å². The molecule has 2 fully saturated rings. The van der Waals surface area contributed by atoms with E-state index in [0.717, 1.165) is 32.1 Å². The molecule has 0 amide bonds. The first-order valence-electron chi connectivity index (χ1n) is 12.4. The van der Waals surface area contributed by atoms with E-state index in [4.69, 9.17) is 23.7 Å². The zero-order valence-electron chi connectivity index (χ0n) is 20.9. The lowest BCUT2D eigenvalue weighted by molar-refractivity contribution is -0.368. The molecule has 2 rings (SSSR count). The molecule has 6 N–H and O–H groups in total. The molecule has 0 spiro atoms. The summed E-state index contributed by atoms with van der Waals surface area (Å²) in [5, 5.41) is 60.3. The zero-order chi connectivity index (χ0) is 26.7. The highest BCUT2D eigenvalue weighted by molar-refractivity contribution is 5.68. The molecular formula is C23H42O13. The predicted octanol–water partition coefficient (Wildman–Crippen LogP) is -1.82. The molecule has 0 aliphatic carbocycles. The van der Waals surface area contributed by atoms with E-state index in [1.165, 1.54) is 14.2 Å². The number of ether oxygens (including phenoxy) is 6. The Morgan fingerprint density at radius 2 is 1.33 bits per heavy atom. The fourth-order valence-corrected chi connectivity index (χ4v) is 4.33. The van der Waals surface area contributed by atoms with Crippen LogP contribution in [0.25, 0.3) is 0 Å². The lowest BCUT2D eigenvalue weighted by Crippen LogP contribution is -2.65. The van der Waals surface area contributed by atoms with Crippen LogP contribution in [0, 0.1) is 0 Å². The van der Waals surface area contributed by atoms with Gasteiger partial charge in [0.1, 0.15) is 48.8 Å². The monoisotopic (exact) mass is 526 g/mol. The van der Waals surface area contributed by atoms with Crippen LogP contribution < -0.4 is 0 Å². The molecule has 13 heteroatoms. The van der Waals surface area contributed by atoms with Gasteiger partial charge in [-0.15, -0.1) is 0 Å². The average molecular weight is 527 g/mol. The molecule has 36 heavy (non-hydrogen) atoms. The van der Waals surface area contributed by atoms with Gasteiger partial charge in [-0.25, -0.2) is 0 Å². The normalized spacial score (nSPS) is 37.1. The number of carbonyl (C=O) groups is 1. The van der Waals surface area contributed by atoms with E-state index in [2.05, 4.69) is 4.74 Å². The minimum Gasteiger partial charge on any atom is -0.469 e. The summed E-state index contributed by atoms with van der Waals surface area (Å²) in [6.07, 6.45) is -7.69. The first-order chi connectivity index (χ1) is 17.3. The van der Waals surface area contributed by atoms with Crippen molar-refractivity contribution >= 4 is 5.97 Å². The number of hydrogen-bond donors (Lipinski definition) is 6. The number of rotatable bonds is 15. The number of carbonyl (C=O) groups excluding carboxylic acids is 1. The van der Waals surface area contributed by atoms with Gasteiger partial charge in [-0.05, 0) is 12.8 Å². The smallest absolute Gasteiger partial charge is 0.305 e. The standard InChI is InChI=1S/C23H42O13/c1-31-15(26)9-7-5-3-4-6-8-10-33-23-21(19(30)20(32-2)14(12-25)35-23)36-22-18(29)17(28)16(27)13(11-24)34-22/h13-14,16-25,27-30H,3-12H2,1-2H3/t13-,14-,16-,17+,18-,19+,20-,21-,22-,23+/m1/s1. The third-order valence-corrected chi connectivity index (χ3v) is 6.49. The molecule has 212 valence electrons. The first-order valence-corrected chi connectivity index (χ1v) is 12.4. The van der Waals surface area contributed by atoms with E-state index in [1.54, 1.807) is 0 Å². The van der Waals surface area contributed by atoms with Gasteiger partial charge in [0.2, 0.25) is 0 Å². The fraction of sp³-hybridized carbons (Fsp3) is 0.957. The third-order valence-electron chi connectivity index (χ3n) is 6.49. The van der Waals surface area contributed by atoms with Gasteiger partial charge in [0.05, 0.1) is 20.3 Å². The molecule has 0 saturated carbocycles. The highest BCUT2D eigenvalue weighted by atomic mass is 16.8. The maximum absolute atomic E-state index is 11.1. The van der Waals surface area contributed by atoms with Crippen LogP contribution in [0.2, 0.25) is 0 Å². The number of methoxy groups -OCH3 is 2. The van der Waals surface area contributed by atoms with Gasteiger partial charge in [-0.3, -0.25) is 4.79 Å². The molecule has 0 aromatic heterocycles. The van der Waals surface area contributed by atoms with Gasteiger partial charge < -0.3 is 59.1 Å². The van der Waals surface area contributed by atoms with Crippen LogP contribution in [0.1, 0.15) is 44.9 Å². The minimum absolute atomic E-state index is 0.213. The molecular weight excluding hydrogens is 484 g/mol. The second kappa shape index (κ2) is 16.1. The summed E-state index contributed by atoms with van der Waals surface area (Å²) in [4.78, 5) is 11.1. The largest absolute Gasteiger partial charge is 0.469 e. The Bertz CT molecular complexity index is 621. The van der Waals surface area contributed by atoms with E-state index in [0.29, 0.717) is 12.8 Å². The predicted molar refractivity (Wildman–Crippen MR) is 121 cm³/mol. The minimum atomic E-state index is -1.67. The maximum Gasteiger partial charge on any atom is 0.305 e. The lowest BCUT2D eigenvalue weighted by atomic mass is 9.97. The molecule has 0 bridgehead atoms. The van der Waals surface area contributed by atoms with Crippen molar-refractivity contribution in [3.05, 3.63) is 0 Å². The summed E-state index contributed by atoms with van der Waals surface area (Å²) >= 11 is 0. The highest BCUT2D eigenvalue weighted by Gasteiger charge is 2.51. The van der Waals surface area contributed by atoms with Crippen LogP contribution in [0.5, 0.6) is 0 Å². The molecule has 0 aromatic rings. The Labute approximate surface area is 210 Å². The van der Waals surface area contributed by atoms with Gasteiger partial charge in [0.25, 0.3) is 0 Å². The summed E-state index contributed by atoms with van der Waals surface area (Å²) in [5.74, 6) is -0.213. The second-order valence-electron chi connectivity index (χ2n) is 9.03. The van der Waals surface area contributed by atoms with E-state index in [1.807, 2.05) is 0 Å². The molecule has 2 aliphatic rings. The summed E-state index contributed by atoms with van der Waals surface area (Å²) in [6.45, 7) is -0.831. The summed E-state index contributed by atoms with van der Waals surface area (Å²) < 4.78 is 32.6. The van der Waals surface area contributed by atoms with Crippen molar-refractivity contribution < 1.29 is 63.9 Å². The van der Waals surface area contributed by atoms with Crippen LogP contribution >= 0.6 is 0 Å². The van der Waals surface area contributed by atoms with Gasteiger partial charge in [0, 0.05) is 20.1 Å². The highest BCUT2D eigenvalue weighted by Crippen LogP contribution is 2.30. The molecule has 2 heterocycles. The van der Waals surface area contributed by atoms with E-state index < -0.39 is 74.6 Å². The molecule has 2 aliphatic heterocycles. The number of hydrogen-bond acceptors (Lipinski definition) is 13. The fourth-order valence-electron chi connectivity index (χ4n) is 4.33. The number of esters is 1. The number of aliphatic hydroxyl groups is 6. The maximum atomic E-state index is 11.1. The van der Waals surface area contributed by atoms with Crippen LogP contribution in [-0.4, -0.2) is 132 Å². The molecule has 0 aromatic carbocycles. The van der Waals surface area contributed by atoms with Gasteiger partial charge in [0.15, 0.2) is 12.6 Å². The molecule has 2 saturated heterocycles. The number of unbranched alkanes of at least 4 members (excludes halogenated alkanes) is 5. The molecule has 0 unspecified atom stereocenters. The van der Waals surface area contributed by atoms with Crippen LogP contribution in [0.4, 0.5) is 0 Å². The molecule has 13 nitrogen and oxygen atoms in total. The summed E-state index contributed by atoms with van der Waals surface area (Å²) in [6, 6.07) is 0. The first kappa shape index (κ1) is 31.2. The van der Waals surface area contributed by atoms with E-state index in [-0.39, 0.29) is 12.6 Å². The zero-order valence-corrected chi connectivity index (χ0v) is 20.9. The van der Waals surface area contributed by atoms with Crippen molar-refractivity contribution in [3.8, 4) is 0 Å². The van der Waals surface area contributed by atoms with Gasteiger partial charge in [-0.1, -0.05) is 25.7 Å². The summed E-state index contributed by atoms with van der Waals surface area (Å²) in [7, 11) is 2.70. The van der Waals surface area contributed by atoms with Crippen molar-refractivity contribution in [2.75, 3.05) is 34.0 Å². The van der Waals surface area contributed by atoms with E-state index >= 15 is 0 Å². The molecule has 10 atom stereocenters. The average Bonchev–Trinajstić information content (AvgIpc) is 2.88. The number of aliphatic hydroxyl groups excluding tert-OH is 6. The van der Waals surface area contributed by atoms with Crippen molar-refractivity contribution in [2.45, 2.75) is 106 Å². The Morgan fingerprint density at radius 1 is 0.722 bits per heavy atom. The summed E-state index contributed by atoms with van der Waals surface area (Å²) in [5.41, 5.74) is 0.